The van der Waals surface area contributed by atoms with Gasteiger partial charge in [-0.25, -0.2) is 8.78 Å². The fraction of sp³-hybridized carbons (Fsp3) is 0.417. The van der Waals surface area contributed by atoms with Crippen molar-refractivity contribution < 1.29 is 17.6 Å². The Hall–Kier alpha value is -1.64. The summed E-state index contributed by atoms with van der Waals surface area (Å²) in [6, 6.07) is 0. The molecule has 3 rings (SSSR count). The highest BCUT2D eigenvalue weighted by Crippen LogP contribution is 2.33. The van der Waals surface area contributed by atoms with E-state index >= 15 is 0 Å². The topological polar surface area (TPSA) is 43.6 Å². The summed E-state index contributed by atoms with van der Waals surface area (Å²) in [6.07, 6.45) is 3.60. The van der Waals surface area contributed by atoms with E-state index < -0.39 is 28.4 Å². The van der Waals surface area contributed by atoms with Crippen LogP contribution in [0.2, 0.25) is 0 Å². The lowest BCUT2D eigenvalue weighted by Crippen LogP contribution is -2.05. The second-order valence-electron chi connectivity index (χ2n) is 4.61. The van der Waals surface area contributed by atoms with Crippen LogP contribution in [0.25, 0.3) is 0 Å². The average Bonchev–Trinajstić information content (AvgIpc) is 2.69. The summed E-state index contributed by atoms with van der Waals surface area (Å²) in [7, 11) is 0. The van der Waals surface area contributed by atoms with E-state index in [1.54, 1.807) is 4.57 Å². The smallest absolute Gasteiger partial charge is 0.252 e. The quantitative estimate of drug-likeness (QED) is 0.630. The maximum atomic E-state index is 13.6. The molecule has 3 heterocycles. The number of pyridine rings is 1. The van der Waals surface area contributed by atoms with Gasteiger partial charge in [0.15, 0.2) is 16.8 Å². The van der Waals surface area contributed by atoms with Crippen molar-refractivity contribution in [2.75, 3.05) is 0 Å². The minimum atomic E-state index is -1.67. The molecule has 0 fully saturated rings. The number of hydrogen-bond acceptors (Lipinski definition) is 4. The monoisotopic (exact) mass is 318 g/mol. The molecule has 4 nitrogen and oxygen atoms in total. The van der Waals surface area contributed by atoms with Crippen molar-refractivity contribution in [1.82, 2.24) is 19.7 Å². The van der Waals surface area contributed by atoms with Gasteiger partial charge >= 0.3 is 0 Å². The molecule has 112 valence electrons. The predicted octanol–water partition coefficient (Wildman–Crippen LogP) is 3.11. The highest BCUT2D eigenvalue weighted by Gasteiger charge is 2.24. The Morgan fingerprint density at radius 2 is 1.62 bits per heavy atom. The minimum Gasteiger partial charge on any atom is -0.306 e. The molecule has 0 aromatic carbocycles. The van der Waals surface area contributed by atoms with Gasteiger partial charge in [0.2, 0.25) is 0 Å². The van der Waals surface area contributed by atoms with Gasteiger partial charge in [-0.05, 0) is 24.6 Å². The Kier molecular flexibility index (Phi) is 3.83. The zero-order valence-corrected chi connectivity index (χ0v) is 11.6. The summed E-state index contributed by atoms with van der Waals surface area (Å²) < 4.78 is 55.2. The van der Waals surface area contributed by atoms with E-state index in [0.717, 1.165) is 25.7 Å². The highest BCUT2D eigenvalue weighted by atomic mass is 32.2. The number of hydrogen-bond donors (Lipinski definition) is 0. The van der Waals surface area contributed by atoms with E-state index in [1.165, 1.54) is 0 Å². The van der Waals surface area contributed by atoms with E-state index in [4.69, 9.17) is 0 Å². The predicted molar refractivity (Wildman–Crippen MR) is 65.8 cm³/mol. The van der Waals surface area contributed by atoms with Crippen LogP contribution in [-0.2, 0) is 13.0 Å². The van der Waals surface area contributed by atoms with Gasteiger partial charge in [0.05, 0.1) is 4.90 Å². The first-order valence-electron chi connectivity index (χ1n) is 6.38. The Bertz CT molecular complexity index is 662. The van der Waals surface area contributed by atoms with Crippen LogP contribution in [0.3, 0.4) is 0 Å². The van der Waals surface area contributed by atoms with E-state index in [0.29, 0.717) is 24.1 Å². The third-order valence-electron chi connectivity index (χ3n) is 3.23. The fourth-order valence-corrected chi connectivity index (χ4v) is 3.10. The van der Waals surface area contributed by atoms with Gasteiger partial charge in [-0.3, -0.25) is 0 Å². The van der Waals surface area contributed by atoms with Crippen molar-refractivity contribution in [1.29, 1.82) is 0 Å². The van der Waals surface area contributed by atoms with E-state index in [-0.39, 0.29) is 5.16 Å². The number of fused-ring (bicyclic) bond motifs is 1. The van der Waals surface area contributed by atoms with Gasteiger partial charge in [0.1, 0.15) is 5.82 Å². The molecule has 1 aliphatic heterocycles. The van der Waals surface area contributed by atoms with Gasteiger partial charge in [-0.2, -0.15) is 13.8 Å². The molecule has 0 atom stereocenters. The number of halogens is 4. The number of rotatable bonds is 2. The summed E-state index contributed by atoms with van der Waals surface area (Å²) in [4.78, 5) is 1.73. The molecule has 1 aliphatic rings. The van der Waals surface area contributed by atoms with Crippen molar-refractivity contribution in [3.8, 4) is 0 Å². The van der Waals surface area contributed by atoms with E-state index in [2.05, 4.69) is 15.2 Å². The van der Waals surface area contributed by atoms with Crippen LogP contribution in [0.15, 0.2) is 10.1 Å². The first kappa shape index (κ1) is 14.3. The van der Waals surface area contributed by atoms with Crippen molar-refractivity contribution in [2.45, 2.75) is 42.3 Å². The third-order valence-corrected chi connectivity index (χ3v) is 4.27. The second-order valence-corrected chi connectivity index (χ2v) is 5.59. The molecule has 0 unspecified atom stereocenters. The average molecular weight is 318 g/mol. The Balaban J connectivity index is 2.00. The molecule has 2 aromatic rings. The van der Waals surface area contributed by atoms with Gasteiger partial charge in [-0.15, -0.1) is 10.2 Å². The SMILES string of the molecule is Fc1nc(F)c(F)c(Sc2nnc3n2CCCCC3)c1F. The Morgan fingerprint density at radius 1 is 0.905 bits per heavy atom. The standard InChI is InChI=1S/C12H10F4N4S/c13-7-9(8(14)11(16)17-10(7)15)21-12-19-18-6-4-2-1-3-5-20(6)12/h1-5H2. The van der Waals surface area contributed by atoms with Gasteiger partial charge in [0.25, 0.3) is 11.9 Å². The normalized spacial score (nSPS) is 14.9. The van der Waals surface area contributed by atoms with Crippen LogP contribution in [-0.4, -0.2) is 19.7 Å². The number of aromatic nitrogens is 4. The fourth-order valence-electron chi connectivity index (χ4n) is 2.18. The lowest BCUT2D eigenvalue weighted by molar-refractivity contribution is 0.383. The van der Waals surface area contributed by atoms with Crippen LogP contribution in [0.4, 0.5) is 17.6 Å². The van der Waals surface area contributed by atoms with Crippen LogP contribution in [0.1, 0.15) is 25.1 Å². The Morgan fingerprint density at radius 3 is 2.33 bits per heavy atom. The van der Waals surface area contributed by atoms with Crippen molar-refractivity contribution in [2.24, 2.45) is 0 Å². The maximum absolute atomic E-state index is 13.6. The van der Waals surface area contributed by atoms with Gasteiger partial charge in [0, 0.05) is 13.0 Å². The molecule has 0 aliphatic carbocycles. The lowest BCUT2D eigenvalue weighted by Gasteiger charge is -2.08. The number of nitrogens with zero attached hydrogens (tertiary/aromatic N) is 4. The van der Waals surface area contributed by atoms with Gasteiger partial charge < -0.3 is 4.57 Å². The first-order chi connectivity index (χ1) is 10.1. The summed E-state index contributed by atoms with van der Waals surface area (Å²) >= 11 is 0.519. The third kappa shape index (κ3) is 2.61. The van der Waals surface area contributed by atoms with Crippen LogP contribution in [0.5, 0.6) is 0 Å². The van der Waals surface area contributed by atoms with E-state index in [9.17, 15) is 17.6 Å². The van der Waals surface area contributed by atoms with Crippen LogP contribution >= 0.6 is 11.8 Å². The zero-order valence-electron chi connectivity index (χ0n) is 10.7. The number of aryl methyl sites for hydroxylation is 1. The summed E-state index contributed by atoms with van der Waals surface area (Å²) in [6.45, 7) is 0.615. The van der Waals surface area contributed by atoms with E-state index in [1.807, 2.05) is 0 Å². The molecule has 21 heavy (non-hydrogen) atoms. The largest absolute Gasteiger partial charge is 0.306 e. The summed E-state index contributed by atoms with van der Waals surface area (Å²) in [5.74, 6) is -5.68. The lowest BCUT2D eigenvalue weighted by atomic mass is 10.2. The molecular weight excluding hydrogens is 308 g/mol. The molecule has 0 bridgehead atoms. The molecule has 0 spiro atoms. The second kappa shape index (κ2) is 5.63. The molecule has 2 aromatic heterocycles. The highest BCUT2D eigenvalue weighted by molar-refractivity contribution is 7.99. The summed E-state index contributed by atoms with van der Waals surface area (Å²) in [5, 5.41) is 8.03. The molecule has 0 saturated carbocycles. The van der Waals surface area contributed by atoms with Crippen LogP contribution < -0.4 is 0 Å². The summed E-state index contributed by atoms with van der Waals surface area (Å²) in [5.41, 5.74) is 0. The molecule has 0 radical (unpaired) electrons. The van der Waals surface area contributed by atoms with Crippen LogP contribution in [0, 0.1) is 23.5 Å². The maximum Gasteiger partial charge on any atom is 0.252 e. The Labute approximate surface area is 121 Å². The molecule has 0 N–H and O–H groups in total. The van der Waals surface area contributed by atoms with Crippen molar-refractivity contribution in [3.05, 3.63) is 29.4 Å². The first-order valence-corrected chi connectivity index (χ1v) is 7.19. The zero-order chi connectivity index (χ0) is 15.0. The molecular formula is C12H10F4N4S. The minimum absolute atomic E-state index is 0.217. The molecule has 0 amide bonds. The van der Waals surface area contributed by atoms with Crippen molar-refractivity contribution in [3.63, 3.8) is 0 Å². The van der Waals surface area contributed by atoms with Gasteiger partial charge in [-0.1, -0.05) is 6.42 Å². The molecule has 0 saturated heterocycles. The molecule has 9 heteroatoms. The van der Waals surface area contributed by atoms with Crippen molar-refractivity contribution >= 4 is 11.8 Å².